The molecule has 1 N–H and O–H groups in total. The van der Waals surface area contributed by atoms with E-state index in [2.05, 4.69) is 30.4 Å². The summed E-state index contributed by atoms with van der Waals surface area (Å²) in [5.74, 6) is 2.44. The highest BCUT2D eigenvalue weighted by Crippen LogP contribution is 2.45. The molecule has 0 aromatic heterocycles. The Morgan fingerprint density at radius 3 is 2.74 bits per heavy atom. The molecule has 1 aliphatic rings. The summed E-state index contributed by atoms with van der Waals surface area (Å²) >= 11 is 0. The van der Waals surface area contributed by atoms with Gasteiger partial charge in [0, 0.05) is 7.11 Å². The second-order valence-electron chi connectivity index (χ2n) is 5.13. The second kappa shape index (κ2) is 7.51. The summed E-state index contributed by atoms with van der Waals surface area (Å²) < 4.78 is 10.9. The summed E-state index contributed by atoms with van der Waals surface area (Å²) in [5.41, 5.74) is 1.37. The second-order valence-corrected chi connectivity index (χ2v) is 5.13. The van der Waals surface area contributed by atoms with Gasteiger partial charge in [-0.3, -0.25) is 0 Å². The van der Waals surface area contributed by atoms with Crippen molar-refractivity contribution in [3.05, 3.63) is 29.8 Å². The number of hydrogen-bond donors (Lipinski definition) is 1. The number of ether oxygens (including phenoxy) is 2. The van der Waals surface area contributed by atoms with E-state index in [1.165, 1.54) is 18.4 Å². The van der Waals surface area contributed by atoms with E-state index in [9.17, 15) is 0 Å². The topological polar surface area (TPSA) is 30.5 Å². The van der Waals surface area contributed by atoms with E-state index >= 15 is 0 Å². The first kappa shape index (κ1) is 14.4. The number of para-hydroxylation sites is 1. The molecular formula is C16H25NO2. The predicted octanol–water partition coefficient (Wildman–Crippen LogP) is 2.81. The van der Waals surface area contributed by atoms with Gasteiger partial charge in [0.2, 0.25) is 0 Å². The maximum absolute atomic E-state index is 5.84. The van der Waals surface area contributed by atoms with Crippen molar-refractivity contribution in [1.29, 1.82) is 0 Å². The van der Waals surface area contributed by atoms with E-state index in [-0.39, 0.29) is 0 Å². The SMILES string of the molecule is CCNCC1CCC1c1ccccc1OCCOC. The Morgan fingerprint density at radius 1 is 1.21 bits per heavy atom. The molecule has 0 heterocycles. The number of hydrogen-bond acceptors (Lipinski definition) is 3. The van der Waals surface area contributed by atoms with Crippen LogP contribution in [0.2, 0.25) is 0 Å². The minimum Gasteiger partial charge on any atom is -0.491 e. The van der Waals surface area contributed by atoms with Crippen LogP contribution < -0.4 is 10.1 Å². The molecule has 19 heavy (non-hydrogen) atoms. The van der Waals surface area contributed by atoms with Gasteiger partial charge in [0.1, 0.15) is 12.4 Å². The Balaban J connectivity index is 1.98. The fraction of sp³-hybridized carbons (Fsp3) is 0.625. The predicted molar refractivity (Wildman–Crippen MR) is 77.8 cm³/mol. The minimum atomic E-state index is 0.623. The quantitative estimate of drug-likeness (QED) is 0.732. The Bertz CT molecular complexity index is 381. The van der Waals surface area contributed by atoms with Crippen LogP contribution in [0.15, 0.2) is 24.3 Å². The van der Waals surface area contributed by atoms with Crippen molar-refractivity contribution >= 4 is 0 Å². The van der Waals surface area contributed by atoms with Crippen molar-refractivity contribution in [1.82, 2.24) is 5.32 Å². The van der Waals surface area contributed by atoms with Gasteiger partial charge in [0.25, 0.3) is 0 Å². The summed E-state index contributed by atoms with van der Waals surface area (Å²) in [5, 5.41) is 3.46. The van der Waals surface area contributed by atoms with Gasteiger partial charge in [0.05, 0.1) is 6.61 Å². The maximum Gasteiger partial charge on any atom is 0.122 e. The first-order chi connectivity index (χ1) is 9.36. The van der Waals surface area contributed by atoms with Gasteiger partial charge in [-0.25, -0.2) is 0 Å². The zero-order valence-corrected chi connectivity index (χ0v) is 12.0. The standard InChI is InChI=1S/C16H25NO2/c1-3-17-12-13-8-9-14(13)15-6-4-5-7-16(15)19-11-10-18-2/h4-7,13-14,17H,3,8-12H2,1-2H3. The van der Waals surface area contributed by atoms with E-state index in [0.717, 1.165) is 24.8 Å². The largest absolute Gasteiger partial charge is 0.491 e. The van der Waals surface area contributed by atoms with Crippen molar-refractivity contribution in [2.75, 3.05) is 33.4 Å². The zero-order valence-electron chi connectivity index (χ0n) is 12.0. The molecule has 1 aromatic rings. The first-order valence-electron chi connectivity index (χ1n) is 7.28. The monoisotopic (exact) mass is 263 g/mol. The summed E-state index contributed by atoms with van der Waals surface area (Å²) in [6.45, 7) is 5.59. The van der Waals surface area contributed by atoms with Crippen molar-refractivity contribution < 1.29 is 9.47 Å². The van der Waals surface area contributed by atoms with Gasteiger partial charge < -0.3 is 14.8 Å². The molecule has 0 radical (unpaired) electrons. The average molecular weight is 263 g/mol. The molecule has 3 heteroatoms. The van der Waals surface area contributed by atoms with E-state index in [0.29, 0.717) is 19.1 Å². The molecule has 0 aliphatic heterocycles. The molecule has 1 fully saturated rings. The van der Waals surface area contributed by atoms with Crippen LogP contribution in [0.1, 0.15) is 31.2 Å². The summed E-state index contributed by atoms with van der Waals surface area (Å²) in [6, 6.07) is 8.45. The Morgan fingerprint density at radius 2 is 2.05 bits per heavy atom. The van der Waals surface area contributed by atoms with Crippen LogP contribution in [0, 0.1) is 5.92 Å². The van der Waals surface area contributed by atoms with Crippen LogP contribution in [-0.4, -0.2) is 33.4 Å². The average Bonchev–Trinajstić information content (AvgIpc) is 2.40. The smallest absolute Gasteiger partial charge is 0.122 e. The molecule has 106 valence electrons. The van der Waals surface area contributed by atoms with Crippen molar-refractivity contribution in [2.24, 2.45) is 5.92 Å². The summed E-state index contributed by atoms with van der Waals surface area (Å²) in [4.78, 5) is 0. The van der Waals surface area contributed by atoms with Gasteiger partial charge in [-0.05, 0) is 49.4 Å². The van der Waals surface area contributed by atoms with Crippen LogP contribution in [-0.2, 0) is 4.74 Å². The van der Waals surface area contributed by atoms with E-state index in [1.54, 1.807) is 7.11 Å². The lowest BCUT2D eigenvalue weighted by Crippen LogP contribution is -2.34. The van der Waals surface area contributed by atoms with Gasteiger partial charge in [-0.15, -0.1) is 0 Å². The molecule has 1 aromatic carbocycles. The molecule has 2 rings (SSSR count). The Hall–Kier alpha value is -1.06. The van der Waals surface area contributed by atoms with Crippen LogP contribution >= 0.6 is 0 Å². The van der Waals surface area contributed by atoms with Gasteiger partial charge in [-0.2, -0.15) is 0 Å². The van der Waals surface area contributed by atoms with Crippen molar-refractivity contribution in [2.45, 2.75) is 25.7 Å². The van der Waals surface area contributed by atoms with E-state index in [4.69, 9.17) is 9.47 Å². The van der Waals surface area contributed by atoms with Crippen molar-refractivity contribution in [3.63, 3.8) is 0 Å². The lowest BCUT2D eigenvalue weighted by Gasteiger charge is -2.38. The fourth-order valence-corrected chi connectivity index (χ4v) is 2.71. The Labute approximate surface area is 116 Å². The summed E-state index contributed by atoms with van der Waals surface area (Å²) in [6.07, 6.45) is 2.60. The molecule has 3 nitrogen and oxygen atoms in total. The van der Waals surface area contributed by atoms with Crippen LogP contribution in [0.5, 0.6) is 5.75 Å². The van der Waals surface area contributed by atoms with E-state index in [1.807, 2.05) is 6.07 Å². The fourth-order valence-electron chi connectivity index (χ4n) is 2.71. The van der Waals surface area contributed by atoms with Gasteiger partial charge in [0.15, 0.2) is 0 Å². The normalized spacial score (nSPS) is 22.0. The lowest BCUT2D eigenvalue weighted by molar-refractivity contribution is 0.143. The minimum absolute atomic E-state index is 0.623. The van der Waals surface area contributed by atoms with E-state index < -0.39 is 0 Å². The molecule has 2 atom stereocenters. The molecule has 1 aliphatic carbocycles. The third-order valence-electron chi connectivity index (χ3n) is 3.94. The first-order valence-corrected chi connectivity index (χ1v) is 7.28. The van der Waals surface area contributed by atoms with Crippen LogP contribution in [0.25, 0.3) is 0 Å². The number of nitrogens with one attached hydrogen (secondary N) is 1. The maximum atomic E-state index is 5.84. The Kier molecular flexibility index (Phi) is 5.67. The highest BCUT2D eigenvalue weighted by atomic mass is 16.5. The highest BCUT2D eigenvalue weighted by molar-refractivity contribution is 5.38. The van der Waals surface area contributed by atoms with Gasteiger partial charge >= 0.3 is 0 Å². The third kappa shape index (κ3) is 3.71. The number of rotatable bonds is 8. The third-order valence-corrected chi connectivity index (χ3v) is 3.94. The molecule has 0 bridgehead atoms. The van der Waals surface area contributed by atoms with Crippen LogP contribution in [0.3, 0.4) is 0 Å². The van der Waals surface area contributed by atoms with Crippen LogP contribution in [0.4, 0.5) is 0 Å². The zero-order chi connectivity index (χ0) is 13.5. The number of benzene rings is 1. The molecule has 0 amide bonds. The molecule has 2 unspecified atom stereocenters. The molecule has 0 spiro atoms. The lowest BCUT2D eigenvalue weighted by atomic mass is 9.69. The molecule has 0 saturated heterocycles. The van der Waals surface area contributed by atoms with Crippen molar-refractivity contribution in [3.8, 4) is 5.75 Å². The molecular weight excluding hydrogens is 238 g/mol. The number of methoxy groups -OCH3 is 1. The summed E-state index contributed by atoms with van der Waals surface area (Å²) in [7, 11) is 1.70. The van der Waals surface area contributed by atoms with Gasteiger partial charge in [-0.1, -0.05) is 25.1 Å². The highest BCUT2D eigenvalue weighted by Gasteiger charge is 2.33. The molecule has 1 saturated carbocycles.